The predicted octanol–water partition coefficient (Wildman–Crippen LogP) is 4.83. The fourth-order valence-electron chi connectivity index (χ4n) is 3.46. The molecule has 4 heteroatoms. The van der Waals surface area contributed by atoms with E-state index in [1.165, 1.54) is 22.4 Å². The molecule has 122 valence electrons. The first-order chi connectivity index (χ1) is 11.9. The standard InChI is InChI=1S/C20H22N4/c1-2-24-20-14-19(22-23-24)17-11-5-6-12-18(17)21-13-7-9-15-8-3-4-10-16(15)20/h3-6,8,10-12,14,19,21H,2,7,9,13H2,1H3. The van der Waals surface area contributed by atoms with E-state index < -0.39 is 0 Å². The van der Waals surface area contributed by atoms with Crippen molar-refractivity contribution in [3.8, 4) is 0 Å². The van der Waals surface area contributed by atoms with Gasteiger partial charge in [0.2, 0.25) is 0 Å². The maximum Gasteiger partial charge on any atom is 0.120 e. The monoisotopic (exact) mass is 318 g/mol. The fourth-order valence-corrected chi connectivity index (χ4v) is 3.46. The van der Waals surface area contributed by atoms with Crippen LogP contribution in [0.25, 0.3) is 5.70 Å². The van der Waals surface area contributed by atoms with Gasteiger partial charge in [-0.05, 0) is 37.5 Å². The Morgan fingerprint density at radius 2 is 1.96 bits per heavy atom. The van der Waals surface area contributed by atoms with Crippen molar-refractivity contribution < 1.29 is 0 Å². The van der Waals surface area contributed by atoms with E-state index in [0.717, 1.165) is 31.6 Å². The number of anilines is 1. The van der Waals surface area contributed by atoms with Gasteiger partial charge >= 0.3 is 0 Å². The van der Waals surface area contributed by atoms with E-state index in [4.69, 9.17) is 0 Å². The molecule has 0 amide bonds. The van der Waals surface area contributed by atoms with E-state index in [0.29, 0.717) is 0 Å². The molecule has 1 atom stereocenters. The van der Waals surface area contributed by atoms with Crippen molar-refractivity contribution >= 4 is 11.4 Å². The zero-order valence-corrected chi connectivity index (χ0v) is 13.9. The van der Waals surface area contributed by atoms with E-state index in [1.807, 2.05) is 5.01 Å². The molecular weight excluding hydrogens is 296 g/mol. The van der Waals surface area contributed by atoms with Crippen molar-refractivity contribution in [1.29, 1.82) is 0 Å². The van der Waals surface area contributed by atoms with Gasteiger partial charge in [-0.15, -0.1) is 0 Å². The lowest BCUT2D eigenvalue weighted by molar-refractivity contribution is 0.387. The maximum atomic E-state index is 4.56. The molecule has 2 heterocycles. The molecule has 0 radical (unpaired) electrons. The zero-order valence-electron chi connectivity index (χ0n) is 13.9. The van der Waals surface area contributed by atoms with Crippen molar-refractivity contribution in [2.45, 2.75) is 25.8 Å². The Morgan fingerprint density at radius 3 is 2.88 bits per heavy atom. The second-order valence-electron chi connectivity index (χ2n) is 6.19. The van der Waals surface area contributed by atoms with Crippen molar-refractivity contribution in [1.82, 2.24) is 5.01 Å². The van der Waals surface area contributed by atoms with Crippen LogP contribution in [-0.4, -0.2) is 18.1 Å². The summed E-state index contributed by atoms with van der Waals surface area (Å²) in [4.78, 5) is 0. The minimum absolute atomic E-state index is 0.0438. The second-order valence-corrected chi connectivity index (χ2v) is 6.19. The zero-order chi connectivity index (χ0) is 16.4. The van der Waals surface area contributed by atoms with Crippen LogP contribution in [0.4, 0.5) is 5.69 Å². The molecule has 2 aromatic rings. The van der Waals surface area contributed by atoms with Crippen molar-refractivity contribution in [3.05, 3.63) is 71.3 Å². The van der Waals surface area contributed by atoms with Gasteiger partial charge in [-0.3, -0.25) is 0 Å². The molecule has 0 fully saturated rings. The summed E-state index contributed by atoms with van der Waals surface area (Å²) in [5.41, 5.74) is 6.18. The van der Waals surface area contributed by atoms with E-state index >= 15 is 0 Å². The third kappa shape index (κ3) is 2.68. The molecule has 0 saturated carbocycles. The summed E-state index contributed by atoms with van der Waals surface area (Å²) in [5.74, 6) is 0. The minimum atomic E-state index is -0.0438. The lowest BCUT2D eigenvalue weighted by Gasteiger charge is -2.27. The Labute approximate surface area is 142 Å². The largest absolute Gasteiger partial charge is 0.385 e. The molecule has 2 aliphatic heterocycles. The number of fused-ring (bicyclic) bond motifs is 5. The van der Waals surface area contributed by atoms with Gasteiger partial charge in [0, 0.05) is 29.9 Å². The van der Waals surface area contributed by atoms with Crippen LogP contribution in [-0.2, 0) is 6.42 Å². The van der Waals surface area contributed by atoms with E-state index in [2.05, 4.69) is 77.2 Å². The molecular formula is C20H22N4. The molecule has 1 unspecified atom stereocenters. The SMILES string of the molecule is CCN1N=NC2C=C1c1ccccc1CCCNc1ccccc12. The molecule has 0 aliphatic carbocycles. The number of nitrogens with one attached hydrogen (secondary N) is 1. The van der Waals surface area contributed by atoms with Crippen LogP contribution in [0.15, 0.2) is 64.9 Å². The van der Waals surface area contributed by atoms with E-state index in [-0.39, 0.29) is 6.04 Å². The summed E-state index contributed by atoms with van der Waals surface area (Å²) in [6.07, 6.45) is 4.41. The highest BCUT2D eigenvalue weighted by molar-refractivity contribution is 5.69. The van der Waals surface area contributed by atoms with E-state index in [9.17, 15) is 0 Å². The van der Waals surface area contributed by atoms with Gasteiger partial charge in [-0.25, -0.2) is 5.01 Å². The molecule has 2 bridgehead atoms. The van der Waals surface area contributed by atoms with Gasteiger partial charge in [0.15, 0.2) is 0 Å². The number of hydrogen-bond donors (Lipinski definition) is 1. The first-order valence-electron chi connectivity index (χ1n) is 8.68. The van der Waals surface area contributed by atoms with Crippen LogP contribution in [0, 0.1) is 0 Å². The predicted molar refractivity (Wildman–Crippen MR) is 97.6 cm³/mol. The van der Waals surface area contributed by atoms with Crippen molar-refractivity contribution in [2.75, 3.05) is 18.4 Å². The highest BCUT2D eigenvalue weighted by Gasteiger charge is 2.23. The highest BCUT2D eigenvalue weighted by atomic mass is 15.6. The van der Waals surface area contributed by atoms with Crippen LogP contribution in [0.2, 0.25) is 0 Å². The van der Waals surface area contributed by atoms with Crippen LogP contribution < -0.4 is 5.32 Å². The third-order valence-electron chi connectivity index (χ3n) is 4.69. The fraction of sp³-hybridized carbons (Fsp3) is 0.300. The molecule has 1 N–H and O–H groups in total. The van der Waals surface area contributed by atoms with Crippen LogP contribution >= 0.6 is 0 Å². The first-order valence-corrected chi connectivity index (χ1v) is 8.68. The molecule has 2 aromatic carbocycles. The average molecular weight is 318 g/mol. The summed E-state index contributed by atoms with van der Waals surface area (Å²) in [5, 5.41) is 14.6. The normalized spacial score (nSPS) is 19.5. The molecule has 4 nitrogen and oxygen atoms in total. The highest BCUT2D eigenvalue weighted by Crippen LogP contribution is 2.36. The van der Waals surface area contributed by atoms with Gasteiger partial charge in [0.05, 0.1) is 5.70 Å². The van der Waals surface area contributed by atoms with Crippen LogP contribution in [0.3, 0.4) is 0 Å². The minimum Gasteiger partial charge on any atom is -0.385 e. The van der Waals surface area contributed by atoms with Gasteiger partial charge in [0.1, 0.15) is 6.04 Å². The maximum absolute atomic E-state index is 4.56. The summed E-state index contributed by atoms with van der Waals surface area (Å²) in [7, 11) is 0. The second kappa shape index (κ2) is 6.48. The Morgan fingerprint density at radius 1 is 1.12 bits per heavy atom. The van der Waals surface area contributed by atoms with Crippen molar-refractivity contribution in [3.63, 3.8) is 0 Å². The number of rotatable bonds is 1. The summed E-state index contributed by atoms with van der Waals surface area (Å²) in [6.45, 7) is 3.89. The number of nitrogens with zero attached hydrogens (tertiary/aromatic N) is 3. The van der Waals surface area contributed by atoms with Crippen molar-refractivity contribution in [2.24, 2.45) is 10.3 Å². The summed E-state index contributed by atoms with van der Waals surface area (Å²) < 4.78 is 0. The smallest absolute Gasteiger partial charge is 0.120 e. The van der Waals surface area contributed by atoms with Crippen LogP contribution in [0.5, 0.6) is 0 Å². The topological polar surface area (TPSA) is 40.0 Å². The summed E-state index contributed by atoms with van der Waals surface area (Å²) >= 11 is 0. The summed E-state index contributed by atoms with van der Waals surface area (Å²) in [6, 6.07) is 17.1. The number of hydrogen-bond acceptors (Lipinski definition) is 4. The quantitative estimate of drug-likeness (QED) is 0.818. The lowest BCUT2D eigenvalue weighted by Crippen LogP contribution is -2.19. The Balaban J connectivity index is 1.87. The van der Waals surface area contributed by atoms with Gasteiger partial charge in [-0.1, -0.05) is 47.7 Å². The molecule has 0 saturated heterocycles. The molecule has 4 rings (SSSR count). The van der Waals surface area contributed by atoms with Crippen LogP contribution in [0.1, 0.15) is 36.1 Å². The van der Waals surface area contributed by atoms with Gasteiger partial charge in [0.25, 0.3) is 0 Å². The third-order valence-corrected chi connectivity index (χ3v) is 4.69. The Bertz CT molecular complexity index is 794. The van der Waals surface area contributed by atoms with Gasteiger partial charge < -0.3 is 5.32 Å². The molecule has 0 aromatic heterocycles. The average Bonchev–Trinajstić information content (AvgIpc) is 2.67. The molecule has 0 spiro atoms. The van der Waals surface area contributed by atoms with Gasteiger partial charge in [-0.2, -0.15) is 5.11 Å². The molecule has 24 heavy (non-hydrogen) atoms. The number of para-hydroxylation sites is 1. The molecule has 2 aliphatic rings. The number of benzene rings is 2. The Hall–Kier alpha value is -2.62. The Kier molecular flexibility index (Phi) is 4.03. The van der Waals surface area contributed by atoms with E-state index in [1.54, 1.807) is 0 Å². The number of aryl methyl sites for hydroxylation is 1. The first kappa shape index (κ1) is 14.9. The lowest BCUT2D eigenvalue weighted by atomic mass is 9.97.